The lowest BCUT2D eigenvalue weighted by atomic mass is 10.7. The van der Waals surface area contributed by atoms with Crippen molar-refractivity contribution in [3.8, 4) is 0 Å². The van der Waals surface area contributed by atoms with Gasteiger partial charge in [-0.15, -0.1) is 0 Å². The second-order valence-electron chi connectivity index (χ2n) is 3.52. The summed E-state index contributed by atoms with van der Waals surface area (Å²) < 4.78 is 30.5. The third-order valence-electron chi connectivity index (χ3n) is 2.31. The van der Waals surface area contributed by atoms with E-state index in [1.54, 1.807) is 7.05 Å². The third-order valence-corrected chi connectivity index (χ3v) is 4.12. The molecule has 0 spiro atoms. The van der Waals surface area contributed by atoms with Gasteiger partial charge in [-0.05, 0) is 6.92 Å². The SMILES string of the molecule is CCOCCN(C)S(=O)(=O)c1cnc(NC)nc1. The number of hydrogen-bond acceptors (Lipinski definition) is 6. The van der Waals surface area contributed by atoms with Crippen LogP contribution in [-0.4, -0.2) is 56.5 Å². The minimum absolute atomic E-state index is 0.0699. The van der Waals surface area contributed by atoms with Gasteiger partial charge in [0.1, 0.15) is 4.90 Å². The van der Waals surface area contributed by atoms with Gasteiger partial charge in [0.15, 0.2) is 0 Å². The van der Waals surface area contributed by atoms with Crippen molar-refractivity contribution in [2.75, 3.05) is 39.2 Å². The van der Waals surface area contributed by atoms with Gasteiger partial charge in [0.25, 0.3) is 0 Å². The van der Waals surface area contributed by atoms with Crippen LogP contribution in [0.3, 0.4) is 0 Å². The molecular weight excluding hydrogens is 256 g/mol. The van der Waals surface area contributed by atoms with Crippen molar-refractivity contribution in [2.24, 2.45) is 0 Å². The van der Waals surface area contributed by atoms with Gasteiger partial charge in [0.2, 0.25) is 16.0 Å². The molecule has 1 heterocycles. The first-order chi connectivity index (χ1) is 8.52. The molecule has 7 nitrogen and oxygen atoms in total. The van der Waals surface area contributed by atoms with E-state index in [4.69, 9.17) is 4.74 Å². The minimum Gasteiger partial charge on any atom is -0.380 e. The van der Waals surface area contributed by atoms with E-state index in [2.05, 4.69) is 15.3 Å². The Labute approximate surface area is 107 Å². The van der Waals surface area contributed by atoms with E-state index in [-0.39, 0.29) is 4.90 Å². The summed E-state index contributed by atoms with van der Waals surface area (Å²) in [6.45, 7) is 3.08. The Bertz CT molecular complexity index is 461. The first kappa shape index (κ1) is 14.8. The molecule has 8 heteroatoms. The topological polar surface area (TPSA) is 84.4 Å². The minimum atomic E-state index is -3.54. The molecule has 0 atom stereocenters. The van der Waals surface area contributed by atoms with Crippen LogP contribution >= 0.6 is 0 Å². The summed E-state index contributed by atoms with van der Waals surface area (Å²) in [5.74, 6) is 0.380. The highest BCUT2D eigenvalue weighted by Crippen LogP contribution is 2.12. The van der Waals surface area contributed by atoms with Crippen molar-refractivity contribution < 1.29 is 13.2 Å². The molecule has 0 radical (unpaired) electrons. The number of sulfonamides is 1. The summed E-state index contributed by atoms with van der Waals surface area (Å²) in [4.78, 5) is 7.84. The number of nitrogens with one attached hydrogen (secondary N) is 1. The van der Waals surface area contributed by atoms with E-state index in [0.29, 0.717) is 25.7 Å². The second-order valence-corrected chi connectivity index (χ2v) is 5.56. The number of nitrogens with zero attached hydrogens (tertiary/aromatic N) is 3. The smallest absolute Gasteiger partial charge is 0.245 e. The Morgan fingerprint density at radius 3 is 2.50 bits per heavy atom. The van der Waals surface area contributed by atoms with Crippen LogP contribution in [-0.2, 0) is 14.8 Å². The molecule has 18 heavy (non-hydrogen) atoms. The average Bonchev–Trinajstić information content (AvgIpc) is 2.39. The number of aromatic nitrogens is 2. The predicted molar refractivity (Wildman–Crippen MR) is 67.9 cm³/mol. The molecular formula is C10H18N4O3S. The van der Waals surface area contributed by atoms with E-state index < -0.39 is 10.0 Å². The molecule has 0 unspecified atom stereocenters. The zero-order valence-electron chi connectivity index (χ0n) is 10.8. The molecule has 0 saturated heterocycles. The summed E-state index contributed by atoms with van der Waals surface area (Å²) in [7, 11) is -0.379. The maximum absolute atomic E-state index is 12.1. The number of rotatable bonds is 7. The number of anilines is 1. The summed E-state index contributed by atoms with van der Waals surface area (Å²) in [6.07, 6.45) is 2.57. The van der Waals surface area contributed by atoms with Crippen LogP contribution in [0.5, 0.6) is 0 Å². The molecule has 0 fully saturated rings. The Morgan fingerprint density at radius 2 is 2.00 bits per heavy atom. The van der Waals surface area contributed by atoms with Gasteiger partial charge >= 0.3 is 0 Å². The quantitative estimate of drug-likeness (QED) is 0.714. The highest BCUT2D eigenvalue weighted by molar-refractivity contribution is 7.89. The largest absolute Gasteiger partial charge is 0.380 e. The lowest BCUT2D eigenvalue weighted by Gasteiger charge is -2.16. The Kier molecular flexibility index (Phi) is 5.45. The van der Waals surface area contributed by atoms with Crippen LogP contribution in [0.2, 0.25) is 0 Å². The average molecular weight is 274 g/mol. The maximum atomic E-state index is 12.1. The fourth-order valence-corrected chi connectivity index (χ4v) is 2.26. The normalized spacial score (nSPS) is 11.8. The molecule has 0 aromatic carbocycles. The number of likely N-dealkylation sites (N-methyl/N-ethyl adjacent to an activating group) is 1. The summed E-state index contributed by atoms with van der Waals surface area (Å²) in [5, 5.41) is 2.73. The highest BCUT2D eigenvalue weighted by Gasteiger charge is 2.21. The van der Waals surface area contributed by atoms with E-state index in [1.807, 2.05) is 6.92 Å². The predicted octanol–water partition coefficient (Wildman–Crippen LogP) is 0.175. The fourth-order valence-electron chi connectivity index (χ4n) is 1.22. The van der Waals surface area contributed by atoms with Gasteiger partial charge in [-0.2, -0.15) is 4.31 Å². The lowest BCUT2D eigenvalue weighted by Crippen LogP contribution is -2.30. The Hall–Kier alpha value is -1.25. The molecule has 102 valence electrons. The van der Waals surface area contributed by atoms with Crippen molar-refractivity contribution in [2.45, 2.75) is 11.8 Å². The standard InChI is InChI=1S/C10H18N4O3S/c1-4-17-6-5-14(3)18(15,16)9-7-12-10(11-2)13-8-9/h7-8H,4-6H2,1-3H3,(H,11,12,13). The van der Waals surface area contributed by atoms with Gasteiger partial charge in [-0.1, -0.05) is 0 Å². The van der Waals surface area contributed by atoms with Crippen molar-refractivity contribution in [1.82, 2.24) is 14.3 Å². The van der Waals surface area contributed by atoms with Crippen LogP contribution in [0.15, 0.2) is 17.3 Å². The Balaban J connectivity index is 2.77. The van der Waals surface area contributed by atoms with Gasteiger partial charge < -0.3 is 10.1 Å². The van der Waals surface area contributed by atoms with Crippen LogP contribution < -0.4 is 5.32 Å². The van der Waals surface area contributed by atoms with Gasteiger partial charge in [-0.3, -0.25) is 0 Å². The van der Waals surface area contributed by atoms with E-state index in [0.717, 1.165) is 0 Å². The lowest BCUT2D eigenvalue weighted by molar-refractivity contribution is 0.138. The summed E-state index contributed by atoms with van der Waals surface area (Å²) >= 11 is 0. The molecule has 0 amide bonds. The molecule has 0 saturated carbocycles. The van der Waals surface area contributed by atoms with Crippen LogP contribution in [0.1, 0.15) is 6.92 Å². The van der Waals surface area contributed by atoms with Gasteiger partial charge in [-0.25, -0.2) is 18.4 Å². The molecule has 0 aliphatic heterocycles. The molecule has 1 aromatic rings. The highest BCUT2D eigenvalue weighted by atomic mass is 32.2. The van der Waals surface area contributed by atoms with Gasteiger partial charge in [0.05, 0.1) is 19.0 Å². The number of ether oxygens (including phenoxy) is 1. The molecule has 0 bridgehead atoms. The molecule has 1 N–H and O–H groups in total. The summed E-state index contributed by atoms with van der Waals surface area (Å²) in [6, 6.07) is 0. The van der Waals surface area contributed by atoms with Crippen molar-refractivity contribution in [1.29, 1.82) is 0 Å². The summed E-state index contributed by atoms with van der Waals surface area (Å²) in [5.41, 5.74) is 0. The van der Waals surface area contributed by atoms with Crippen LogP contribution in [0.25, 0.3) is 0 Å². The maximum Gasteiger partial charge on any atom is 0.245 e. The molecule has 0 aliphatic carbocycles. The van der Waals surface area contributed by atoms with Crippen molar-refractivity contribution in [3.05, 3.63) is 12.4 Å². The zero-order chi connectivity index (χ0) is 13.6. The van der Waals surface area contributed by atoms with E-state index in [1.165, 1.54) is 23.7 Å². The van der Waals surface area contributed by atoms with Gasteiger partial charge in [0, 0.05) is 27.2 Å². The first-order valence-corrected chi connectivity index (χ1v) is 7.00. The van der Waals surface area contributed by atoms with E-state index >= 15 is 0 Å². The second kappa shape index (κ2) is 6.62. The zero-order valence-corrected chi connectivity index (χ0v) is 11.6. The van der Waals surface area contributed by atoms with Crippen molar-refractivity contribution >= 4 is 16.0 Å². The molecule has 0 aliphatic rings. The third kappa shape index (κ3) is 3.62. The molecule has 1 rings (SSSR count). The van der Waals surface area contributed by atoms with E-state index in [9.17, 15) is 8.42 Å². The number of hydrogen-bond donors (Lipinski definition) is 1. The Morgan fingerprint density at radius 1 is 1.39 bits per heavy atom. The fraction of sp³-hybridized carbons (Fsp3) is 0.600. The van der Waals surface area contributed by atoms with Crippen LogP contribution in [0, 0.1) is 0 Å². The molecule has 1 aromatic heterocycles. The monoisotopic (exact) mass is 274 g/mol. The van der Waals surface area contributed by atoms with Crippen molar-refractivity contribution in [3.63, 3.8) is 0 Å². The van der Waals surface area contributed by atoms with Crippen LogP contribution in [0.4, 0.5) is 5.95 Å². The first-order valence-electron chi connectivity index (χ1n) is 5.56.